The van der Waals surface area contributed by atoms with Gasteiger partial charge in [-0.05, 0) is 42.9 Å². The van der Waals surface area contributed by atoms with E-state index in [2.05, 4.69) is 20.7 Å². The molecule has 3 N–H and O–H groups in total. The van der Waals surface area contributed by atoms with Gasteiger partial charge >= 0.3 is 0 Å². The standard InChI is InChI=1S/C20H17ClF4N6OS/c21-17-16(28-19(33)26-12-6-14(12)32)18-27-15(3-4-31(18)29-17)30-8-20(24,25)7-13(30)10-5-9(22)1-2-11(10)23/h1-5,12-14,32H,6-8H2,(H2,26,28,33)/t12-,13-,14-/m1/s1. The molecule has 2 fully saturated rings. The van der Waals surface area contributed by atoms with Gasteiger partial charge in [-0.3, -0.25) is 0 Å². The number of fused-ring (bicyclic) bond motifs is 1. The molecular formula is C20H17ClF4N6OS. The highest BCUT2D eigenvalue weighted by atomic mass is 35.5. The van der Waals surface area contributed by atoms with Gasteiger partial charge in [0.25, 0.3) is 5.92 Å². The zero-order valence-electron chi connectivity index (χ0n) is 16.8. The van der Waals surface area contributed by atoms with Gasteiger partial charge in [-0.1, -0.05) is 11.6 Å². The molecule has 3 heterocycles. The third-order valence-electron chi connectivity index (χ3n) is 5.62. The molecule has 7 nitrogen and oxygen atoms in total. The number of anilines is 2. The van der Waals surface area contributed by atoms with Gasteiger partial charge in [0.05, 0.1) is 24.7 Å². The van der Waals surface area contributed by atoms with Crippen molar-refractivity contribution in [3.8, 4) is 0 Å². The largest absolute Gasteiger partial charge is 0.391 e. The number of aromatic nitrogens is 3. The fraction of sp³-hybridized carbons (Fsp3) is 0.350. The van der Waals surface area contributed by atoms with Gasteiger partial charge in [0.1, 0.15) is 23.1 Å². The quantitative estimate of drug-likeness (QED) is 0.373. The fourth-order valence-electron chi connectivity index (χ4n) is 3.92. The van der Waals surface area contributed by atoms with Crippen LogP contribution in [0, 0.1) is 11.6 Å². The smallest absolute Gasteiger partial charge is 0.267 e. The van der Waals surface area contributed by atoms with Crippen LogP contribution in [0.5, 0.6) is 0 Å². The number of hydrogen-bond donors (Lipinski definition) is 3. The summed E-state index contributed by atoms with van der Waals surface area (Å²) in [6, 6.07) is 2.93. The second-order valence-electron chi connectivity index (χ2n) is 8.10. The summed E-state index contributed by atoms with van der Waals surface area (Å²) in [5.74, 6) is -4.52. The summed E-state index contributed by atoms with van der Waals surface area (Å²) in [7, 11) is 0. The van der Waals surface area contributed by atoms with Gasteiger partial charge in [0, 0.05) is 18.2 Å². The molecule has 0 bridgehead atoms. The molecule has 0 spiro atoms. The third kappa shape index (κ3) is 4.30. The second kappa shape index (κ2) is 7.96. The molecule has 0 unspecified atom stereocenters. The van der Waals surface area contributed by atoms with Crippen LogP contribution in [0.15, 0.2) is 30.5 Å². The molecular weight excluding hydrogens is 484 g/mol. The summed E-state index contributed by atoms with van der Waals surface area (Å²) in [5.41, 5.74) is 0.268. The van der Waals surface area contributed by atoms with Crippen LogP contribution in [0.4, 0.5) is 29.1 Å². The van der Waals surface area contributed by atoms with Crippen molar-refractivity contribution in [1.29, 1.82) is 0 Å². The Hall–Kier alpha value is -2.70. The van der Waals surface area contributed by atoms with Gasteiger partial charge in [0.2, 0.25) is 0 Å². The van der Waals surface area contributed by atoms with E-state index in [0.29, 0.717) is 6.42 Å². The minimum Gasteiger partial charge on any atom is -0.391 e. The van der Waals surface area contributed by atoms with Crippen LogP contribution in [0.1, 0.15) is 24.4 Å². The first-order chi connectivity index (χ1) is 15.6. The van der Waals surface area contributed by atoms with Crippen LogP contribution in [-0.2, 0) is 0 Å². The number of benzene rings is 1. The molecule has 0 amide bonds. The van der Waals surface area contributed by atoms with Crippen LogP contribution in [0.3, 0.4) is 0 Å². The Kier molecular flexibility index (Phi) is 5.33. The normalized spacial score (nSPS) is 23.7. The first kappa shape index (κ1) is 22.1. The molecule has 13 heteroatoms. The van der Waals surface area contributed by atoms with E-state index in [9.17, 15) is 22.7 Å². The average Bonchev–Trinajstić information content (AvgIpc) is 3.20. The molecule has 0 radical (unpaired) electrons. The van der Waals surface area contributed by atoms with Crippen molar-refractivity contribution in [2.75, 3.05) is 16.8 Å². The SMILES string of the molecule is O[C@@H]1C[C@H]1NC(=S)Nc1c(Cl)nn2ccc(N3CC(F)(F)C[C@@H]3c3cc(F)ccc3F)nc12. The minimum absolute atomic E-state index is 0.0413. The number of thiocarbonyl (C=S) groups is 1. The minimum atomic E-state index is -3.13. The summed E-state index contributed by atoms with van der Waals surface area (Å²) in [5, 5.41) is 19.6. The topological polar surface area (TPSA) is 77.7 Å². The molecule has 5 rings (SSSR count). The number of nitrogens with zero attached hydrogens (tertiary/aromatic N) is 4. The van der Waals surface area contributed by atoms with E-state index in [0.717, 1.165) is 18.2 Å². The number of hydrogen-bond acceptors (Lipinski definition) is 5. The van der Waals surface area contributed by atoms with E-state index < -0.39 is 42.7 Å². The van der Waals surface area contributed by atoms with Crippen molar-refractivity contribution in [3.05, 3.63) is 52.8 Å². The maximum absolute atomic E-state index is 14.4. The molecule has 174 valence electrons. The van der Waals surface area contributed by atoms with E-state index in [1.54, 1.807) is 0 Å². The number of halogens is 5. The van der Waals surface area contributed by atoms with Crippen LogP contribution in [0.2, 0.25) is 5.15 Å². The van der Waals surface area contributed by atoms with Crippen LogP contribution in [0.25, 0.3) is 5.65 Å². The highest BCUT2D eigenvalue weighted by Gasteiger charge is 2.47. The molecule has 1 aliphatic carbocycles. The van der Waals surface area contributed by atoms with E-state index >= 15 is 0 Å². The van der Waals surface area contributed by atoms with Crippen molar-refractivity contribution >= 4 is 46.1 Å². The van der Waals surface area contributed by atoms with Crippen LogP contribution in [-0.4, -0.2) is 49.4 Å². The van der Waals surface area contributed by atoms with Gasteiger partial charge in [-0.15, -0.1) is 0 Å². The maximum atomic E-state index is 14.4. The highest BCUT2D eigenvalue weighted by Crippen LogP contribution is 2.44. The Bertz CT molecular complexity index is 1260. The lowest BCUT2D eigenvalue weighted by atomic mass is 10.0. The zero-order chi connectivity index (χ0) is 23.5. The maximum Gasteiger partial charge on any atom is 0.267 e. The molecule has 3 aromatic rings. The monoisotopic (exact) mass is 500 g/mol. The summed E-state index contributed by atoms with van der Waals surface area (Å²) in [6.07, 6.45) is 0.869. The predicted octanol–water partition coefficient (Wildman–Crippen LogP) is 3.67. The Labute approximate surface area is 195 Å². The molecule has 1 aromatic carbocycles. The average molecular weight is 501 g/mol. The molecule has 1 saturated heterocycles. The summed E-state index contributed by atoms with van der Waals surface area (Å²) in [6.45, 7) is -0.721. The molecule has 33 heavy (non-hydrogen) atoms. The molecule has 2 aromatic heterocycles. The number of aliphatic hydroxyl groups is 1. The number of aliphatic hydroxyl groups excluding tert-OH is 1. The highest BCUT2D eigenvalue weighted by molar-refractivity contribution is 7.80. The van der Waals surface area contributed by atoms with E-state index in [4.69, 9.17) is 23.8 Å². The number of nitrogens with one attached hydrogen (secondary N) is 2. The first-order valence-corrected chi connectivity index (χ1v) is 10.8. The Morgan fingerprint density at radius 1 is 1.27 bits per heavy atom. The summed E-state index contributed by atoms with van der Waals surface area (Å²) >= 11 is 11.4. The molecule has 1 saturated carbocycles. The van der Waals surface area contributed by atoms with Gasteiger partial charge in [-0.25, -0.2) is 27.1 Å². The second-order valence-corrected chi connectivity index (χ2v) is 8.86. The lowest BCUT2D eigenvalue weighted by molar-refractivity contribution is 0.0221. The third-order valence-corrected chi connectivity index (χ3v) is 6.11. The van der Waals surface area contributed by atoms with Crippen molar-refractivity contribution in [3.63, 3.8) is 0 Å². The van der Waals surface area contributed by atoms with Crippen molar-refractivity contribution in [2.24, 2.45) is 0 Å². The predicted molar refractivity (Wildman–Crippen MR) is 118 cm³/mol. The van der Waals surface area contributed by atoms with E-state index in [-0.39, 0.29) is 39.0 Å². The molecule has 2 aliphatic rings. The van der Waals surface area contributed by atoms with Crippen LogP contribution >= 0.6 is 23.8 Å². The Morgan fingerprint density at radius 3 is 2.76 bits per heavy atom. The molecule has 1 aliphatic heterocycles. The molecule has 3 atom stereocenters. The summed E-state index contributed by atoms with van der Waals surface area (Å²) < 4.78 is 58.3. The first-order valence-electron chi connectivity index (χ1n) is 10.0. The van der Waals surface area contributed by atoms with Gasteiger partial charge < -0.3 is 20.6 Å². The zero-order valence-corrected chi connectivity index (χ0v) is 18.3. The van der Waals surface area contributed by atoms with Crippen LogP contribution < -0.4 is 15.5 Å². The lowest BCUT2D eigenvalue weighted by Gasteiger charge is -2.25. The lowest BCUT2D eigenvalue weighted by Crippen LogP contribution is -2.32. The van der Waals surface area contributed by atoms with Crippen molar-refractivity contribution in [2.45, 2.75) is 37.0 Å². The number of rotatable bonds is 4. The van der Waals surface area contributed by atoms with E-state index in [1.165, 1.54) is 21.7 Å². The number of alkyl halides is 2. The fourth-order valence-corrected chi connectivity index (χ4v) is 4.39. The van der Waals surface area contributed by atoms with Gasteiger partial charge in [0.15, 0.2) is 15.9 Å². The van der Waals surface area contributed by atoms with E-state index in [1.807, 2.05) is 0 Å². The Balaban J connectivity index is 1.50. The Morgan fingerprint density at radius 2 is 2.03 bits per heavy atom. The van der Waals surface area contributed by atoms with Gasteiger partial charge in [-0.2, -0.15) is 5.10 Å². The van der Waals surface area contributed by atoms with Crippen molar-refractivity contribution in [1.82, 2.24) is 19.9 Å². The summed E-state index contributed by atoms with van der Waals surface area (Å²) in [4.78, 5) is 5.66. The van der Waals surface area contributed by atoms with Crippen molar-refractivity contribution < 1.29 is 22.7 Å².